The van der Waals surface area contributed by atoms with Crippen LogP contribution in [-0.2, 0) is 9.53 Å². The minimum absolute atomic E-state index is 0.00124. The third kappa shape index (κ3) is 4.76. The molecule has 1 aromatic rings. The Kier molecular flexibility index (Phi) is 5.83. The number of carbonyl (C=O) groups is 2. The minimum atomic E-state index is -0.683. The van der Waals surface area contributed by atoms with Crippen LogP contribution in [0.5, 0.6) is 0 Å². The van der Waals surface area contributed by atoms with E-state index in [2.05, 4.69) is 0 Å². The largest absolute Gasteiger partial charge is 0.443 e. The normalized spacial score (nSPS) is 21.3. The van der Waals surface area contributed by atoms with E-state index < -0.39 is 29.2 Å². The summed E-state index contributed by atoms with van der Waals surface area (Å²) in [4.78, 5) is 32.5. The van der Waals surface area contributed by atoms with Gasteiger partial charge in [-0.1, -0.05) is 65.0 Å². The van der Waals surface area contributed by atoms with Crippen LogP contribution >= 0.6 is 0 Å². The van der Waals surface area contributed by atoms with Gasteiger partial charge in [0.05, 0.1) is 11.8 Å². The van der Waals surface area contributed by atoms with Crippen LogP contribution < -0.4 is 0 Å². The molecule has 1 aliphatic heterocycles. The summed E-state index contributed by atoms with van der Waals surface area (Å²) in [5.74, 6) is -0.295. The second kappa shape index (κ2) is 7.45. The van der Waals surface area contributed by atoms with Gasteiger partial charge in [-0.15, -0.1) is 0 Å². The third-order valence-electron chi connectivity index (χ3n) is 4.41. The van der Waals surface area contributed by atoms with Crippen LogP contribution in [0.3, 0.4) is 0 Å². The fourth-order valence-corrected chi connectivity index (χ4v) is 3.21. The molecule has 2 unspecified atom stereocenters. The maximum Gasteiger partial charge on any atom is 0.417 e. The maximum atomic E-state index is 13.3. The van der Waals surface area contributed by atoms with Crippen molar-refractivity contribution in [1.82, 2.24) is 4.90 Å². The van der Waals surface area contributed by atoms with Gasteiger partial charge in [-0.05, 0) is 37.7 Å². The van der Waals surface area contributed by atoms with Gasteiger partial charge in [-0.25, -0.2) is 9.69 Å². The molecule has 1 aromatic carbocycles. The van der Waals surface area contributed by atoms with Crippen molar-refractivity contribution in [2.45, 2.75) is 73.1 Å². The van der Waals surface area contributed by atoms with Gasteiger partial charge in [-0.2, -0.15) is 0 Å². The van der Waals surface area contributed by atoms with Gasteiger partial charge in [0, 0.05) is 0 Å². The SMILES string of the molecule is CC(C)C1C(c2ccccc2)=NC(C(C)(C)C)C(=O)N1C(=O)OC(C)(C)C. The molecule has 0 aliphatic carbocycles. The van der Waals surface area contributed by atoms with Gasteiger partial charge in [-0.3, -0.25) is 9.79 Å². The van der Waals surface area contributed by atoms with Gasteiger partial charge in [0.25, 0.3) is 5.91 Å². The Balaban J connectivity index is 2.63. The van der Waals surface area contributed by atoms with Gasteiger partial charge >= 0.3 is 6.09 Å². The summed E-state index contributed by atoms with van der Waals surface area (Å²) in [6.45, 7) is 15.3. The summed E-state index contributed by atoms with van der Waals surface area (Å²) >= 11 is 0. The Bertz CT molecular complexity index is 724. The highest BCUT2D eigenvalue weighted by atomic mass is 16.6. The lowest BCUT2D eigenvalue weighted by Crippen LogP contribution is -2.60. The summed E-state index contributed by atoms with van der Waals surface area (Å²) in [5.41, 5.74) is 0.583. The fourth-order valence-electron chi connectivity index (χ4n) is 3.21. The van der Waals surface area contributed by atoms with Crippen LogP contribution in [-0.4, -0.2) is 40.3 Å². The van der Waals surface area contributed by atoms with Crippen molar-refractivity contribution in [3.05, 3.63) is 35.9 Å². The molecule has 2 atom stereocenters. The Morgan fingerprint density at radius 2 is 1.63 bits per heavy atom. The summed E-state index contributed by atoms with van der Waals surface area (Å²) in [5, 5.41) is 0. The van der Waals surface area contributed by atoms with Crippen molar-refractivity contribution in [3.8, 4) is 0 Å². The van der Waals surface area contributed by atoms with Crippen LogP contribution in [0.25, 0.3) is 0 Å². The molecule has 2 rings (SSSR count). The number of hydrogen-bond donors (Lipinski definition) is 0. The Hall–Kier alpha value is -2.17. The first-order valence-corrected chi connectivity index (χ1v) is 9.52. The van der Waals surface area contributed by atoms with E-state index in [0.717, 1.165) is 11.3 Å². The molecule has 0 aromatic heterocycles. The predicted molar refractivity (Wildman–Crippen MR) is 108 cm³/mol. The summed E-state index contributed by atoms with van der Waals surface area (Å²) in [6.07, 6.45) is -0.608. The van der Waals surface area contributed by atoms with Gasteiger partial charge in [0.1, 0.15) is 11.6 Å². The first-order valence-electron chi connectivity index (χ1n) is 9.52. The fraction of sp³-hybridized carbons (Fsp3) is 0.591. The number of carbonyl (C=O) groups excluding carboxylic acids is 2. The Morgan fingerprint density at radius 3 is 2.07 bits per heavy atom. The third-order valence-corrected chi connectivity index (χ3v) is 4.41. The number of rotatable bonds is 2. The number of benzene rings is 1. The summed E-state index contributed by atoms with van der Waals surface area (Å²) in [7, 11) is 0. The number of ether oxygens (including phenoxy) is 1. The number of nitrogens with zero attached hydrogens (tertiary/aromatic N) is 2. The monoisotopic (exact) mass is 372 g/mol. The molecule has 0 radical (unpaired) electrons. The highest BCUT2D eigenvalue weighted by Gasteiger charge is 2.48. The predicted octanol–water partition coefficient (Wildman–Crippen LogP) is 4.69. The molecule has 2 amide bonds. The molecular weight excluding hydrogens is 340 g/mol. The van der Waals surface area contributed by atoms with Gasteiger partial charge < -0.3 is 4.74 Å². The number of hydrogen-bond acceptors (Lipinski definition) is 4. The zero-order valence-electron chi connectivity index (χ0n) is 17.7. The van der Waals surface area contributed by atoms with Crippen molar-refractivity contribution in [2.75, 3.05) is 0 Å². The molecule has 0 saturated carbocycles. The average Bonchev–Trinajstić information content (AvgIpc) is 2.52. The van der Waals surface area contributed by atoms with Crippen LogP contribution in [0.1, 0.15) is 61.0 Å². The van der Waals surface area contributed by atoms with Gasteiger partial charge in [0.15, 0.2) is 0 Å². The van der Waals surface area contributed by atoms with Crippen LogP contribution in [0.4, 0.5) is 4.79 Å². The van der Waals surface area contributed by atoms with Crippen molar-refractivity contribution in [3.63, 3.8) is 0 Å². The lowest BCUT2D eigenvalue weighted by molar-refractivity contribution is -0.136. The van der Waals surface area contributed by atoms with E-state index in [9.17, 15) is 9.59 Å². The second-order valence-corrected chi connectivity index (χ2v) is 9.53. The molecule has 148 valence electrons. The number of amides is 2. The molecule has 1 aliphatic rings. The van der Waals surface area contributed by atoms with E-state index in [1.54, 1.807) is 20.8 Å². The summed E-state index contributed by atoms with van der Waals surface area (Å²) < 4.78 is 5.58. The van der Waals surface area contributed by atoms with E-state index in [1.165, 1.54) is 4.90 Å². The highest BCUT2D eigenvalue weighted by Crippen LogP contribution is 2.33. The smallest absolute Gasteiger partial charge is 0.417 e. The van der Waals surface area contributed by atoms with E-state index in [1.807, 2.05) is 65.0 Å². The molecule has 5 heteroatoms. The standard InChI is InChI=1S/C22H32N2O3/c1-14(2)17-16(15-12-10-9-11-13-15)23-18(21(3,4)5)19(25)24(17)20(26)27-22(6,7)8/h9-14,17-18H,1-8H3. The Labute approximate surface area is 162 Å². The van der Waals surface area contributed by atoms with Crippen molar-refractivity contribution >= 4 is 17.7 Å². The van der Waals surface area contributed by atoms with Crippen molar-refractivity contribution in [1.29, 1.82) is 0 Å². The molecule has 0 bridgehead atoms. The number of aliphatic imine (C=N–C) groups is 1. The first-order chi connectivity index (χ1) is 12.3. The highest BCUT2D eigenvalue weighted by molar-refractivity contribution is 6.13. The topological polar surface area (TPSA) is 59.0 Å². The minimum Gasteiger partial charge on any atom is -0.443 e. The molecule has 5 nitrogen and oxygen atoms in total. The van der Waals surface area contributed by atoms with Crippen molar-refractivity contribution in [2.24, 2.45) is 16.3 Å². The quantitative estimate of drug-likeness (QED) is 0.756. The van der Waals surface area contributed by atoms with E-state index in [0.29, 0.717) is 0 Å². The second-order valence-electron chi connectivity index (χ2n) is 9.53. The molecule has 0 fully saturated rings. The molecule has 0 N–H and O–H groups in total. The lowest BCUT2D eigenvalue weighted by Gasteiger charge is -2.42. The number of imide groups is 1. The maximum absolute atomic E-state index is 13.3. The van der Waals surface area contributed by atoms with Crippen LogP contribution in [0.15, 0.2) is 35.3 Å². The zero-order valence-corrected chi connectivity index (χ0v) is 17.7. The molecule has 0 saturated heterocycles. The van der Waals surface area contributed by atoms with Crippen LogP contribution in [0.2, 0.25) is 0 Å². The van der Waals surface area contributed by atoms with E-state index in [4.69, 9.17) is 9.73 Å². The zero-order chi connectivity index (χ0) is 20.6. The Morgan fingerprint density at radius 1 is 1.07 bits per heavy atom. The average molecular weight is 373 g/mol. The van der Waals surface area contributed by atoms with Gasteiger partial charge in [0.2, 0.25) is 0 Å². The van der Waals surface area contributed by atoms with Crippen LogP contribution in [0, 0.1) is 11.3 Å². The van der Waals surface area contributed by atoms with E-state index in [-0.39, 0.29) is 11.8 Å². The van der Waals surface area contributed by atoms with Crippen molar-refractivity contribution < 1.29 is 14.3 Å². The van der Waals surface area contributed by atoms with E-state index >= 15 is 0 Å². The lowest BCUT2D eigenvalue weighted by atomic mass is 9.82. The molecule has 27 heavy (non-hydrogen) atoms. The molecule has 0 spiro atoms. The molecule has 1 heterocycles. The first kappa shape index (κ1) is 21.1. The molecular formula is C22H32N2O3. The summed E-state index contributed by atoms with van der Waals surface area (Å²) in [6, 6.07) is 8.65.